The Kier molecular flexibility index (Phi) is 3.82. The number of nitrogens with zero attached hydrogens (tertiary/aromatic N) is 2. The predicted molar refractivity (Wildman–Crippen MR) is 90.1 cm³/mol. The molecule has 2 fully saturated rings. The highest BCUT2D eigenvalue weighted by atomic mass is 35.5. The normalized spacial score (nSPS) is 22.7. The standard InChI is InChI=1S/C19H19ClN2O/c20-14-5-3-4-13(10-14)17-11-18(17)19(23)22(16-7-8-16)12-15-6-1-2-9-21-15/h1-6,9-10,16-18H,7-8,11-12H2/t17-,18+/m0/s1. The number of aromatic nitrogens is 1. The monoisotopic (exact) mass is 326 g/mol. The van der Waals surface area contributed by atoms with Crippen LogP contribution >= 0.6 is 11.6 Å². The molecule has 0 bridgehead atoms. The highest BCUT2D eigenvalue weighted by Crippen LogP contribution is 2.50. The minimum atomic E-state index is 0.109. The lowest BCUT2D eigenvalue weighted by Gasteiger charge is -2.22. The van der Waals surface area contributed by atoms with Crippen LogP contribution in [0.25, 0.3) is 0 Å². The highest BCUT2D eigenvalue weighted by Gasteiger charge is 2.48. The molecule has 2 saturated carbocycles. The molecule has 0 spiro atoms. The van der Waals surface area contributed by atoms with Gasteiger partial charge in [-0.15, -0.1) is 0 Å². The zero-order valence-corrected chi connectivity index (χ0v) is 13.6. The molecule has 1 amide bonds. The SMILES string of the molecule is O=C([C@@H]1C[C@H]1c1cccc(Cl)c1)N(Cc1ccccn1)C1CC1. The molecular weight excluding hydrogens is 308 g/mol. The lowest BCUT2D eigenvalue weighted by atomic mass is 10.1. The van der Waals surface area contributed by atoms with E-state index in [0.717, 1.165) is 30.0 Å². The maximum absolute atomic E-state index is 12.9. The van der Waals surface area contributed by atoms with Gasteiger partial charge < -0.3 is 4.90 Å². The van der Waals surface area contributed by atoms with Crippen LogP contribution in [0, 0.1) is 5.92 Å². The fraction of sp³-hybridized carbons (Fsp3) is 0.368. The summed E-state index contributed by atoms with van der Waals surface area (Å²) in [5.41, 5.74) is 2.15. The van der Waals surface area contributed by atoms with Gasteiger partial charge in [0.25, 0.3) is 0 Å². The van der Waals surface area contributed by atoms with E-state index in [9.17, 15) is 4.79 Å². The molecule has 0 unspecified atom stereocenters. The largest absolute Gasteiger partial charge is 0.334 e. The Labute approximate surface area is 141 Å². The van der Waals surface area contributed by atoms with Crippen molar-refractivity contribution in [1.82, 2.24) is 9.88 Å². The number of amides is 1. The van der Waals surface area contributed by atoms with Crippen LogP contribution < -0.4 is 0 Å². The van der Waals surface area contributed by atoms with Crippen LogP contribution in [0.5, 0.6) is 0 Å². The number of halogens is 1. The number of hydrogen-bond acceptors (Lipinski definition) is 2. The zero-order valence-electron chi connectivity index (χ0n) is 12.9. The van der Waals surface area contributed by atoms with Crippen molar-refractivity contribution >= 4 is 17.5 Å². The van der Waals surface area contributed by atoms with E-state index < -0.39 is 0 Å². The van der Waals surface area contributed by atoms with Crippen LogP contribution in [0.4, 0.5) is 0 Å². The van der Waals surface area contributed by atoms with Crippen LogP contribution in [0.2, 0.25) is 5.02 Å². The first-order valence-electron chi connectivity index (χ1n) is 8.18. The van der Waals surface area contributed by atoms with E-state index in [4.69, 9.17) is 11.6 Å². The maximum Gasteiger partial charge on any atom is 0.226 e. The van der Waals surface area contributed by atoms with Crippen molar-refractivity contribution in [3.05, 3.63) is 64.9 Å². The molecule has 0 N–H and O–H groups in total. The molecule has 2 aliphatic rings. The summed E-state index contributed by atoms with van der Waals surface area (Å²) in [5.74, 6) is 0.715. The van der Waals surface area contributed by atoms with Crippen molar-refractivity contribution in [2.75, 3.05) is 0 Å². The first-order valence-corrected chi connectivity index (χ1v) is 8.56. The number of carbonyl (C=O) groups excluding carboxylic acids is 1. The molecule has 2 atom stereocenters. The lowest BCUT2D eigenvalue weighted by molar-refractivity contribution is -0.134. The third-order valence-corrected chi connectivity index (χ3v) is 4.95. The lowest BCUT2D eigenvalue weighted by Crippen LogP contribution is -2.34. The quantitative estimate of drug-likeness (QED) is 0.831. The van der Waals surface area contributed by atoms with Gasteiger partial charge in [0.1, 0.15) is 0 Å². The summed E-state index contributed by atoms with van der Waals surface area (Å²) in [5, 5.41) is 0.744. The number of carbonyl (C=O) groups is 1. The summed E-state index contributed by atoms with van der Waals surface area (Å²) in [7, 11) is 0. The van der Waals surface area contributed by atoms with E-state index in [0.29, 0.717) is 18.5 Å². The van der Waals surface area contributed by atoms with E-state index in [1.54, 1.807) is 6.20 Å². The summed E-state index contributed by atoms with van der Waals surface area (Å²) in [4.78, 5) is 19.3. The summed E-state index contributed by atoms with van der Waals surface area (Å²) in [6, 6.07) is 14.2. The molecule has 3 nitrogen and oxygen atoms in total. The molecule has 0 aliphatic heterocycles. The number of pyridine rings is 1. The average molecular weight is 327 g/mol. The van der Waals surface area contributed by atoms with Gasteiger partial charge in [0, 0.05) is 23.2 Å². The summed E-state index contributed by atoms with van der Waals surface area (Å²) in [6.07, 6.45) is 4.96. The van der Waals surface area contributed by atoms with Crippen molar-refractivity contribution in [3.8, 4) is 0 Å². The Bertz CT molecular complexity index is 714. The van der Waals surface area contributed by atoms with Gasteiger partial charge >= 0.3 is 0 Å². The fourth-order valence-electron chi connectivity index (χ4n) is 3.23. The van der Waals surface area contributed by atoms with Gasteiger partial charge in [0.15, 0.2) is 0 Å². The molecule has 2 aromatic rings. The molecule has 23 heavy (non-hydrogen) atoms. The Morgan fingerprint density at radius 2 is 2.09 bits per heavy atom. The average Bonchev–Trinajstić information content (AvgIpc) is 3.47. The highest BCUT2D eigenvalue weighted by molar-refractivity contribution is 6.30. The molecule has 1 aromatic carbocycles. The third-order valence-electron chi connectivity index (χ3n) is 4.71. The van der Waals surface area contributed by atoms with Crippen LogP contribution in [0.3, 0.4) is 0 Å². The molecule has 1 aromatic heterocycles. The minimum Gasteiger partial charge on any atom is -0.334 e. The summed E-state index contributed by atoms with van der Waals surface area (Å²) in [6.45, 7) is 0.628. The predicted octanol–water partition coefficient (Wildman–Crippen LogP) is 4.03. The topological polar surface area (TPSA) is 33.2 Å². The second kappa shape index (κ2) is 5.97. The Morgan fingerprint density at radius 1 is 1.22 bits per heavy atom. The van der Waals surface area contributed by atoms with Crippen LogP contribution in [0.1, 0.15) is 36.4 Å². The van der Waals surface area contributed by atoms with Crippen molar-refractivity contribution in [1.29, 1.82) is 0 Å². The van der Waals surface area contributed by atoms with Gasteiger partial charge in [-0.2, -0.15) is 0 Å². The summed E-state index contributed by atoms with van der Waals surface area (Å²) < 4.78 is 0. The summed E-state index contributed by atoms with van der Waals surface area (Å²) >= 11 is 6.07. The minimum absolute atomic E-state index is 0.109. The first kappa shape index (κ1) is 14.7. The van der Waals surface area contributed by atoms with Crippen LogP contribution in [-0.4, -0.2) is 21.8 Å². The fourth-order valence-corrected chi connectivity index (χ4v) is 3.42. The Morgan fingerprint density at radius 3 is 2.78 bits per heavy atom. The molecule has 118 valence electrons. The smallest absolute Gasteiger partial charge is 0.226 e. The van der Waals surface area contributed by atoms with Crippen molar-refractivity contribution in [2.24, 2.45) is 5.92 Å². The van der Waals surface area contributed by atoms with E-state index >= 15 is 0 Å². The van der Waals surface area contributed by atoms with Crippen molar-refractivity contribution in [2.45, 2.75) is 37.8 Å². The van der Waals surface area contributed by atoms with Gasteiger partial charge in [-0.3, -0.25) is 9.78 Å². The van der Waals surface area contributed by atoms with Gasteiger partial charge in [-0.05, 0) is 55.0 Å². The van der Waals surface area contributed by atoms with Crippen LogP contribution in [0.15, 0.2) is 48.7 Å². The molecular formula is C19H19ClN2O. The molecule has 0 radical (unpaired) electrons. The van der Waals surface area contributed by atoms with E-state index in [2.05, 4.69) is 11.1 Å². The first-order chi connectivity index (χ1) is 11.2. The molecule has 1 heterocycles. The van der Waals surface area contributed by atoms with E-state index in [-0.39, 0.29) is 11.8 Å². The van der Waals surface area contributed by atoms with Crippen LogP contribution in [-0.2, 0) is 11.3 Å². The number of benzene rings is 1. The van der Waals surface area contributed by atoms with Gasteiger partial charge in [-0.25, -0.2) is 0 Å². The number of rotatable bonds is 5. The second-order valence-corrected chi connectivity index (χ2v) is 6.96. The zero-order chi connectivity index (χ0) is 15.8. The van der Waals surface area contributed by atoms with Gasteiger partial charge in [0.2, 0.25) is 5.91 Å². The molecule has 2 aliphatic carbocycles. The Hall–Kier alpha value is -1.87. The van der Waals surface area contributed by atoms with E-state index in [1.807, 2.05) is 41.3 Å². The molecule has 4 heteroatoms. The Balaban J connectivity index is 1.47. The second-order valence-electron chi connectivity index (χ2n) is 6.52. The number of hydrogen-bond donors (Lipinski definition) is 0. The van der Waals surface area contributed by atoms with Gasteiger partial charge in [0.05, 0.1) is 12.2 Å². The molecule has 0 saturated heterocycles. The van der Waals surface area contributed by atoms with Gasteiger partial charge in [-0.1, -0.05) is 29.8 Å². The van der Waals surface area contributed by atoms with Crippen molar-refractivity contribution in [3.63, 3.8) is 0 Å². The maximum atomic E-state index is 12.9. The molecule has 4 rings (SSSR count). The van der Waals surface area contributed by atoms with E-state index in [1.165, 1.54) is 5.56 Å². The third kappa shape index (κ3) is 3.25. The van der Waals surface area contributed by atoms with Crippen molar-refractivity contribution < 1.29 is 4.79 Å².